The molecule has 15 heavy (non-hydrogen) atoms. The molecule has 1 rings (SSSR count). The van der Waals surface area contributed by atoms with E-state index in [0.29, 0.717) is 5.69 Å². The van der Waals surface area contributed by atoms with Crippen LogP contribution in [0.5, 0.6) is 0 Å². The van der Waals surface area contributed by atoms with Gasteiger partial charge >= 0.3 is 0 Å². The van der Waals surface area contributed by atoms with Crippen molar-refractivity contribution in [2.75, 3.05) is 5.73 Å². The second-order valence-electron chi connectivity index (χ2n) is 2.91. The van der Waals surface area contributed by atoms with Crippen LogP contribution in [0, 0.1) is 11.3 Å². The Kier molecular flexibility index (Phi) is 3.52. The van der Waals surface area contributed by atoms with Crippen molar-refractivity contribution in [3.05, 3.63) is 22.9 Å². The molecule has 0 atom stereocenters. The zero-order chi connectivity index (χ0) is 11.4. The van der Waals surface area contributed by atoms with Gasteiger partial charge in [-0.25, -0.2) is 13.8 Å². The highest BCUT2D eigenvalue weighted by atomic mass is 19.3. The average Bonchev–Trinajstić information content (AvgIpc) is 2.20. The molecule has 0 amide bonds. The number of aromatic nitrogens is 1. The summed E-state index contributed by atoms with van der Waals surface area (Å²) in [5.41, 5.74) is 10.9. The first-order valence-corrected chi connectivity index (χ1v) is 4.23. The molecule has 0 bridgehead atoms. The Bertz CT molecular complexity index is 398. The largest absolute Gasteiger partial charge is 0.383 e. The zero-order valence-electron chi connectivity index (χ0n) is 7.87. The average molecular weight is 212 g/mol. The lowest BCUT2D eigenvalue weighted by Gasteiger charge is -2.10. The van der Waals surface area contributed by atoms with E-state index in [0.717, 1.165) is 0 Å². The minimum Gasteiger partial charge on any atom is -0.383 e. The lowest BCUT2D eigenvalue weighted by molar-refractivity contribution is 0.150. The summed E-state index contributed by atoms with van der Waals surface area (Å²) >= 11 is 0. The van der Waals surface area contributed by atoms with Crippen LogP contribution in [0.3, 0.4) is 0 Å². The molecule has 0 aromatic carbocycles. The number of nitrogens with zero attached hydrogens (tertiary/aromatic N) is 2. The molecule has 1 aromatic heterocycles. The summed E-state index contributed by atoms with van der Waals surface area (Å²) in [6.07, 6.45) is -2.85. The molecule has 0 radical (unpaired) electrons. The number of nitrogen functional groups attached to an aromatic ring is 1. The Balaban J connectivity index is 3.30. The van der Waals surface area contributed by atoms with Crippen LogP contribution < -0.4 is 11.5 Å². The first-order chi connectivity index (χ1) is 7.10. The first kappa shape index (κ1) is 11.3. The van der Waals surface area contributed by atoms with Crippen LogP contribution in [0.4, 0.5) is 14.6 Å². The third-order valence-corrected chi connectivity index (χ3v) is 1.94. The van der Waals surface area contributed by atoms with Crippen molar-refractivity contribution in [1.29, 1.82) is 5.26 Å². The summed E-state index contributed by atoms with van der Waals surface area (Å²) in [6.45, 7) is 0.0384. The molecule has 0 aliphatic rings. The van der Waals surface area contributed by atoms with Gasteiger partial charge in [0.15, 0.2) is 0 Å². The predicted octanol–water partition coefficient (Wildman–Crippen LogP) is 1.13. The maximum atomic E-state index is 12.6. The summed E-state index contributed by atoms with van der Waals surface area (Å²) in [7, 11) is 0. The van der Waals surface area contributed by atoms with Gasteiger partial charge in [-0.3, -0.25) is 0 Å². The normalized spacial score (nSPS) is 10.3. The van der Waals surface area contributed by atoms with Gasteiger partial charge in [0, 0.05) is 17.7 Å². The van der Waals surface area contributed by atoms with E-state index in [1.165, 1.54) is 6.07 Å². The number of hydrogen-bond donors (Lipinski definition) is 2. The molecule has 1 aromatic rings. The molecule has 0 spiro atoms. The number of anilines is 1. The fraction of sp³-hybridized carbons (Fsp3) is 0.333. The molecule has 0 saturated heterocycles. The Morgan fingerprint density at radius 2 is 2.20 bits per heavy atom. The maximum absolute atomic E-state index is 12.6. The highest BCUT2D eigenvalue weighted by Gasteiger charge is 2.17. The van der Waals surface area contributed by atoms with E-state index in [2.05, 4.69) is 4.98 Å². The second kappa shape index (κ2) is 4.66. The predicted molar refractivity (Wildman–Crippen MR) is 50.8 cm³/mol. The number of hydrogen-bond acceptors (Lipinski definition) is 4. The van der Waals surface area contributed by atoms with Gasteiger partial charge < -0.3 is 11.5 Å². The van der Waals surface area contributed by atoms with E-state index in [-0.39, 0.29) is 29.9 Å². The quantitative estimate of drug-likeness (QED) is 0.785. The Labute approximate surface area is 85.5 Å². The van der Waals surface area contributed by atoms with E-state index in [1.807, 2.05) is 0 Å². The molecule has 1 heterocycles. The smallest absolute Gasteiger partial charge is 0.264 e. The van der Waals surface area contributed by atoms with Crippen molar-refractivity contribution >= 4 is 5.82 Å². The highest BCUT2D eigenvalue weighted by molar-refractivity contribution is 5.48. The lowest BCUT2D eigenvalue weighted by atomic mass is 10.1. The second-order valence-corrected chi connectivity index (χ2v) is 2.91. The Morgan fingerprint density at radius 1 is 1.53 bits per heavy atom. The topological polar surface area (TPSA) is 88.7 Å². The zero-order valence-corrected chi connectivity index (χ0v) is 7.87. The molecule has 0 saturated carbocycles. The van der Waals surface area contributed by atoms with Crippen LogP contribution in [-0.2, 0) is 13.0 Å². The Hall–Kier alpha value is -1.74. The van der Waals surface area contributed by atoms with E-state index in [1.54, 1.807) is 6.07 Å². The van der Waals surface area contributed by atoms with Crippen molar-refractivity contribution in [1.82, 2.24) is 4.98 Å². The molecule has 0 fully saturated rings. The summed E-state index contributed by atoms with van der Waals surface area (Å²) < 4.78 is 25.2. The SMILES string of the molecule is N#CCc1c(C(F)F)cc(CN)nc1N. The van der Waals surface area contributed by atoms with Crippen molar-refractivity contribution in [3.63, 3.8) is 0 Å². The number of halogens is 2. The van der Waals surface area contributed by atoms with Crippen LogP contribution in [0.25, 0.3) is 0 Å². The molecule has 0 aliphatic carbocycles. The van der Waals surface area contributed by atoms with E-state index >= 15 is 0 Å². The van der Waals surface area contributed by atoms with Gasteiger partial charge in [0.1, 0.15) is 5.82 Å². The summed E-state index contributed by atoms with van der Waals surface area (Å²) in [5.74, 6) is -0.0465. The third kappa shape index (κ3) is 2.39. The summed E-state index contributed by atoms with van der Waals surface area (Å²) in [5, 5.41) is 8.47. The van der Waals surface area contributed by atoms with Crippen LogP contribution in [0.2, 0.25) is 0 Å². The van der Waals surface area contributed by atoms with Crippen LogP contribution >= 0.6 is 0 Å². The molecule has 4 nitrogen and oxygen atoms in total. The molecule has 4 N–H and O–H groups in total. The number of nitrogens with two attached hydrogens (primary N) is 2. The number of alkyl halides is 2. The fourth-order valence-electron chi connectivity index (χ4n) is 1.24. The van der Waals surface area contributed by atoms with Crippen LogP contribution in [0.15, 0.2) is 6.07 Å². The molecular weight excluding hydrogens is 202 g/mol. The summed E-state index contributed by atoms with van der Waals surface area (Å²) in [6, 6.07) is 2.96. The molecule has 6 heteroatoms. The molecule has 80 valence electrons. The monoisotopic (exact) mass is 212 g/mol. The minimum absolute atomic E-state index is 0.0384. The van der Waals surface area contributed by atoms with Crippen molar-refractivity contribution < 1.29 is 8.78 Å². The van der Waals surface area contributed by atoms with Gasteiger partial charge in [-0.15, -0.1) is 0 Å². The maximum Gasteiger partial charge on any atom is 0.264 e. The van der Waals surface area contributed by atoms with E-state index in [4.69, 9.17) is 16.7 Å². The van der Waals surface area contributed by atoms with Crippen molar-refractivity contribution in [3.8, 4) is 6.07 Å². The van der Waals surface area contributed by atoms with Crippen molar-refractivity contribution in [2.24, 2.45) is 5.73 Å². The standard InChI is InChI=1S/C9H10F2N4/c10-8(11)7-3-5(4-13)15-9(14)6(7)1-2-12/h3,8H,1,4,13H2,(H2,14,15). The van der Waals surface area contributed by atoms with Gasteiger partial charge in [0.25, 0.3) is 6.43 Å². The van der Waals surface area contributed by atoms with E-state index < -0.39 is 6.43 Å². The minimum atomic E-state index is -2.68. The van der Waals surface area contributed by atoms with Gasteiger partial charge in [-0.1, -0.05) is 0 Å². The number of pyridine rings is 1. The molecule has 0 unspecified atom stereocenters. The highest BCUT2D eigenvalue weighted by Crippen LogP contribution is 2.27. The van der Waals surface area contributed by atoms with Gasteiger partial charge in [0.2, 0.25) is 0 Å². The summed E-state index contributed by atoms with van der Waals surface area (Å²) in [4.78, 5) is 3.82. The van der Waals surface area contributed by atoms with Gasteiger partial charge in [-0.05, 0) is 6.07 Å². The van der Waals surface area contributed by atoms with Gasteiger partial charge in [-0.2, -0.15) is 5.26 Å². The molecular formula is C9H10F2N4. The number of rotatable bonds is 3. The Morgan fingerprint density at radius 3 is 2.67 bits per heavy atom. The fourth-order valence-corrected chi connectivity index (χ4v) is 1.24. The number of nitriles is 1. The van der Waals surface area contributed by atoms with Crippen LogP contribution in [0.1, 0.15) is 23.2 Å². The lowest BCUT2D eigenvalue weighted by Crippen LogP contribution is -2.08. The van der Waals surface area contributed by atoms with Crippen molar-refractivity contribution in [2.45, 2.75) is 19.4 Å². The van der Waals surface area contributed by atoms with Crippen LogP contribution in [-0.4, -0.2) is 4.98 Å². The molecule has 0 aliphatic heterocycles. The third-order valence-electron chi connectivity index (χ3n) is 1.94. The van der Waals surface area contributed by atoms with Gasteiger partial charge in [0.05, 0.1) is 18.2 Å². The first-order valence-electron chi connectivity index (χ1n) is 4.23. The van der Waals surface area contributed by atoms with E-state index in [9.17, 15) is 8.78 Å².